The minimum atomic E-state index is 0.627. The van der Waals surface area contributed by atoms with Gasteiger partial charge in [0.25, 0.3) is 0 Å². The van der Waals surface area contributed by atoms with Crippen molar-refractivity contribution in [3.8, 4) is 0 Å². The summed E-state index contributed by atoms with van der Waals surface area (Å²) in [6, 6.07) is 7.91. The average molecular weight is 351 g/mol. The summed E-state index contributed by atoms with van der Waals surface area (Å²) in [5.41, 5.74) is 2.65. The molecule has 1 heterocycles. The van der Waals surface area contributed by atoms with Crippen LogP contribution in [0.2, 0.25) is 0 Å². The fourth-order valence-electron chi connectivity index (χ4n) is 4.01. The van der Waals surface area contributed by atoms with Crippen molar-refractivity contribution in [3.05, 3.63) is 28.2 Å². The molecular formula is C18H27BrN2. The molecule has 2 nitrogen and oxygen atoms in total. The highest BCUT2D eigenvalue weighted by molar-refractivity contribution is 9.10. The van der Waals surface area contributed by atoms with E-state index in [9.17, 15) is 0 Å². The predicted molar refractivity (Wildman–Crippen MR) is 93.9 cm³/mol. The molecule has 1 aliphatic heterocycles. The number of halogens is 1. The highest BCUT2D eigenvalue weighted by Gasteiger charge is 2.32. The van der Waals surface area contributed by atoms with Gasteiger partial charge in [-0.25, -0.2) is 0 Å². The summed E-state index contributed by atoms with van der Waals surface area (Å²) in [6.45, 7) is 3.41. The largest absolute Gasteiger partial charge is 0.382 e. The van der Waals surface area contributed by atoms with Crippen molar-refractivity contribution in [1.82, 2.24) is 5.32 Å². The number of anilines is 1. The van der Waals surface area contributed by atoms with Gasteiger partial charge in [-0.15, -0.1) is 0 Å². The molecule has 0 spiro atoms. The van der Waals surface area contributed by atoms with E-state index < -0.39 is 0 Å². The van der Waals surface area contributed by atoms with E-state index in [2.05, 4.69) is 51.7 Å². The summed E-state index contributed by atoms with van der Waals surface area (Å²) in [4.78, 5) is 0. The van der Waals surface area contributed by atoms with Gasteiger partial charge in [0, 0.05) is 22.2 Å². The molecular weight excluding hydrogens is 324 g/mol. The molecule has 1 aromatic rings. The summed E-state index contributed by atoms with van der Waals surface area (Å²) in [7, 11) is 0. The van der Waals surface area contributed by atoms with Crippen LogP contribution in [0.1, 0.15) is 50.5 Å². The van der Waals surface area contributed by atoms with E-state index in [1.807, 2.05) is 0 Å². The van der Waals surface area contributed by atoms with Crippen LogP contribution >= 0.6 is 15.9 Å². The minimum Gasteiger partial charge on any atom is -0.382 e. The third kappa shape index (κ3) is 3.81. The smallest absolute Gasteiger partial charge is 0.0383 e. The molecule has 0 amide bonds. The van der Waals surface area contributed by atoms with Crippen molar-refractivity contribution < 1.29 is 0 Å². The minimum absolute atomic E-state index is 0.627. The number of benzene rings is 1. The molecule has 1 aromatic carbocycles. The second-order valence-corrected chi connectivity index (χ2v) is 7.63. The number of piperidine rings is 1. The highest BCUT2D eigenvalue weighted by atomic mass is 79.9. The van der Waals surface area contributed by atoms with Crippen molar-refractivity contribution in [2.45, 2.75) is 64.0 Å². The first kappa shape index (κ1) is 15.4. The third-order valence-electron chi connectivity index (χ3n) is 5.23. The van der Waals surface area contributed by atoms with Crippen LogP contribution in [0, 0.1) is 12.8 Å². The Kier molecular flexibility index (Phi) is 5.23. The van der Waals surface area contributed by atoms with Crippen LogP contribution in [0.4, 0.5) is 5.69 Å². The van der Waals surface area contributed by atoms with Gasteiger partial charge in [-0.3, -0.25) is 0 Å². The Morgan fingerprint density at radius 2 is 1.90 bits per heavy atom. The van der Waals surface area contributed by atoms with Gasteiger partial charge in [0.05, 0.1) is 0 Å². The van der Waals surface area contributed by atoms with E-state index in [-0.39, 0.29) is 0 Å². The Labute approximate surface area is 137 Å². The Hall–Kier alpha value is -0.540. The molecule has 116 valence electrons. The van der Waals surface area contributed by atoms with Crippen molar-refractivity contribution in [1.29, 1.82) is 0 Å². The van der Waals surface area contributed by atoms with Gasteiger partial charge in [0.2, 0.25) is 0 Å². The lowest BCUT2D eigenvalue weighted by atomic mass is 9.77. The van der Waals surface area contributed by atoms with Crippen molar-refractivity contribution in [2.24, 2.45) is 5.92 Å². The molecule has 3 rings (SSSR count). The van der Waals surface area contributed by atoms with Gasteiger partial charge in [0.1, 0.15) is 0 Å². The number of aryl methyl sites for hydroxylation is 1. The molecule has 2 aliphatic rings. The van der Waals surface area contributed by atoms with E-state index in [1.165, 1.54) is 67.2 Å². The third-order valence-corrected chi connectivity index (χ3v) is 5.72. The molecule has 21 heavy (non-hydrogen) atoms. The first-order valence-corrected chi connectivity index (χ1v) is 9.29. The maximum Gasteiger partial charge on any atom is 0.0383 e. The van der Waals surface area contributed by atoms with Gasteiger partial charge < -0.3 is 10.6 Å². The molecule has 0 bridgehead atoms. The lowest BCUT2D eigenvalue weighted by Crippen LogP contribution is -2.48. The van der Waals surface area contributed by atoms with Crippen LogP contribution in [0.25, 0.3) is 0 Å². The monoisotopic (exact) mass is 350 g/mol. The first-order chi connectivity index (χ1) is 10.2. The maximum absolute atomic E-state index is 3.87. The van der Waals surface area contributed by atoms with Crippen LogP contribution in [0.15, 0.2) is 22.7 Å². The van der Waals surface area contributed by atoms with Crippen LogP contribution in [0.5, 0.6) is 0 Å². The summed E-state index contributed by atoms with van der Waals surface area (Å²) < 4.78 is 1.17. The topological polar surface area (TPSA) is 24.1 Å². The van der Waals surface area contributed by atoms with Gasteiger partial charge in [-0.05, 0) is 62.8 Å². The van der Waals surface area contributed by atoms with E-state index in [1.54, 1.807) is 0 Å². The van der Waals surface area contributed by atoms with Crippen LogP contribution in [-0.2, 0) is 0 Å². The number of rotatable bonds is 3. The highest BCUT2D eigenvalue weighted by Crippen LogP contribution is 2.33. The molecule has 0 radical (unpaired) electrons. The zero-order valence-electron chi connectivity index (χ0n) is 13.0. The average Bonchev–Trinajstić information content (AvgIpc) is 2.52. The normalized spacial score (nSPS) is 30.1. The van der Waals surface area contributed by atoms with E-state index >= 15 is 0 Å². The SMILES string of the molecule is Cc1ccc(Br)cc1NC1CCCCC1C1CCCCN1. The molecule has 1 saturated carbocycles. The van der Waals surface area contributed by atoms with Crippen LogP contribution in [0.3, 0.4) is 0 Å². The van der Waals surface area contributed by atoms with E-state index in [0.717, 1.165) is 12.0 Å². The first-order valence-electron chi connectivity index (χ1n) is 8.50. The quantitative estimate of drug-likeness (QED) is 0.812. The van der Waals surface area contributed by atoms with Crippen molar-refractivity contribution in [2.75, 3.05) is 11.9 Å². The Balaban J connectivity index is 1.73. The Bertz CT molecular complexity index is 468. The molecule has 3 heteroatoms. The van der Waals surface area contributed by atoms with Crippen LogP contribution in [-0.4, -0.2) is 18.6 Å². The fourth-order valence-corrected chi connectivity index (χ4v) is 4.38. The number of nitrogens with one attached hydrogen (secondary N) is 2. The fraction of sp³-hybridized carbons (Fsp3) is 0.667. The second kappa shape index (κ2) is 7.15. The second-order valence-electron chi connectivity index (χ2n) is 6.71. The van der Waals surface area contributed by atoms with Crippen molar-refractivity contribution >= 4 is 21.6 Å². The summed E-state index contributed by atoms with van der Waals surface area (Å²) >= 11 is 3.60. The lowest BCUT2D eigenvalue weighted by Gasteiger charge is -2.40. The molecule has 2 fully saturated rings. The van der Waals surface area contributed by atoms with E-state index in [4.69, 9.17) is 0 Å². The maximum atomic E-state index is 3.87. The zero-order valence-corrected chi connectivity index (χ0v) is 14.6. The molecule has 0 aromatic heterocycles. The molecule has 3 atom stereocenters. The Morgan fingerprint density at radius 1 is 1.10 bits per heavy atom. The Morgan fingerprint density at radius 3 is 2.71 bits per heavy atom. The van der Waals surface area contributed by atoms with Gasteiger partial charge in [-0.2, -0.15) is 0 Å². The molecule has 2 N–H and O–H groups in total. The van der Waals surface area contributed by atoms with Crippen molar-refractivity contribution in [3.63, 3.8) is 0 Å². The number of hydrogen-bond acceptors (Lipinski definition) is 2. The van der Waals surface area contributed by atoms with Crippen LogP contribution < -0.4 is 10.6 Å². The lowest BCUT2D eigenvalue weighted by molar-refractivity contribution is 0.217. The van der Waals surface area contributed by atoms with E-state index in [0.29, 0.717) is 6.04 Å². The standard InChI is InChI=1S/C18H27BrN2/c1-13-9-10-14(19)12-18(13)21-17-8-3-2-6-15(17)16-7-4-5-11-20-16/h9-10,12,15-17,20-21H,2-8,11H2,1H3. The zero-order chi connectivity index (χ0) is 14.7. The number of hydrogen-bond donors (Lipinski definition) is 2. The molecule has 1 aliphatic carbocycles. The summed E-state index contributed by atoms with van der Waals surface area (Å²) in [5, 5.41) is 7.65. The molecule has 1 saturated heterocycles. The summed E-state index contributed by atoms with van der Waals surface area (Å²) in [6.07, 6.45) is 9.58. The summed E-state index contributed by atoms with van der Waals surface area (Å²) in [5.74, 6) is 0.789. The van der Waals surface area contributed by atoms with Gasteiger partial charge in [-0.1, -0.05) is 41.3 Å². The van der Waals surface area contributed by atoms with Gasteiger partial charge >= 0.3 is 0 Å². The predicted octanol–water partition coefficient (Wildman–Crippen LogP) is 4.87. The molecule has 3 unspecified atom stereocenters. The van der Waals surface area contributed by atoms with Gasteiger partial charge in [0.15, 0.2) is 0 Å².